The minimum absolute atomic E-state index is 0.386. The maximum Gasteiger partial charge on any atom is 0.295 e. The van der Waals surface area contributed by atoms with E-state index in [1.54, 1.807) is 4.90 Å². The SMILES string of the molecule is CCCN(CCC)C(=O)C(=O)c1c(C)n(C)c2ccccc12. The maximum atomic E-state index is 12.8. The van der Waals surface area contributed by atoms with Crippen molar-refractivity contribution < 1.29 is 9.59 Å². The molecule has 0 saturated carbocycles. The number of carbonyl (C=O) groups excluding carboxylic acids is 2. The topological polar surface area (TPSA) is 42.3 Å². The lowest BCUT2D eigenvalue weighted by Crippen LogP contribution is -2.38. The minimum atomic E-state index is -0.392. The molecule has 1 amide bonds. The van der Waals surface area contributed by atoms with E-state index in [9.17, 15) is 9.59 Å². The number of hydrogen-bond acceptors (Lipinski definition) is 2. The molecule has 22 heavy (non-hydrogen) atoms. The smallest absolute Gasteiger partial charge is 0.295 e. The first-order valence-corrected chi connectivity index (χ1v) is 7.90. The molecule has 4 heteroatoms. The van der Waals surface area contributed by atoms with Crippen molar-refractivity contribution in [2.24, 2.45) is 7.05 Å². The molecular weight excluding hydrogens is 276 g/mol. The van der Waals surface area contributed by atoms with Crippen molar-refractivity contribution in [3.63, 3.8) is 0 Å². The molecule has 0 saturated heterocycles. The predicted octanol–water partition coefficient (Wildman–Crippen LogP) is 3.32. The average Bonchev–Trinajstić information content (AvgIpc) is 2.78. The fourth-order valence-electron chi connectivity index (χ4n) is 2.91. The second-order valence-electron chi connectivity index (χ2n) is 5.66. The standard InChI is InChI=1S/C18H24N2O2/c1-5-11-20(12-6-2)18(22)17(21)16-13(3)19(4)15-10-8-7-9-14(15)16/h7-10H,5-6,11-12H2,1-4H3. The van der Waals surface area contributed by atoms with Crippen LogP contribution in [0, 0.1) is 6.92 Å². The lowest BCUT2D eigenvalue weighted by atomic mass is 10.1. The van der Waals surface area contributed by atoms with Gasteiger partial charge in [0, 0.05) is 36.7 Å². The summed E-state index contributed by atoms with van der Waals surface area (Å²) in [6.45, 7) is 7.18. The molecule has 2 rings (SSSR count). The Kier molecular flexibility index (Phi) is 5.01. The van der Waals surface area contributed by atoms with Gasteiger partial charge < -0.3 is 9.47 Å². The number of hydrogen-bond donors (Lipinski definition) is 0. The summed E-state index contributed by atoms with van der Waals surface area (Å²) in [5.41, 5.74) is 2.36. The number of para-hydroxylation sites is 1. The predicted molar refractivity (Wildman–Crippen MR) is 89.1 cm³/mol. The van der Waals surface area contributed by atoms with Gasteiger partial charge in [-0.25, -0.2) is 0 Å². The Morgan fingerprint density at radius 3 is 2.27 bits per heavy atom. The average molecular weight is 300 g/mol. The second kappa shape index (κ2) is 6.77. The molecule has 0 bridgehead atoms. The summed E-state index contributed by atoms with van der Waals surface area (Å²) in [7, 11) is 1.93. The molecule has 1 heterocycles. The second-order valence-corrected chi connectivity index (χ2v) is 5.66. The van der Waals surface area contributed by atoms with E-state index in [-0.39, 0.29) is 5.91 Å². The van der Waals surface area contributed by atoms with Crippen molar-refractivity contribution >= 4 is 22.6 Å². The van der Waals surface area contributed by atoms with Gasteiger partial charge >= 0.3 is 0 Å². The Balaban J connectivity index is 2.45. The van der Waals surface area contributed by atoms with Crippen LogP contribution in [-0.4, -0.2) is 34.2 Å². The summed E-state index contributed by atoms with van der Waals surface area (Å²) in [5.74, 6) is -0.778. The van der Waals surface area contributed by atoms with E-state index >= 15 is 0 Å². The van der Waals surface area contributed by atoms with Gasteiger partial charge in [-0.3, -0.25) is 9.59 Å². The van der Waals surface area contributed by atoms with Crippen LogP contribution >= 0.6 is 0 Å². The molecule has 0 aliphatic rings. The number of aromatic nitrogens is 1. The van der Waals surface area contributed by atoms with Crippen LogP contribution in [0.25, 0.3) is 10.9 Å². The Morgan fingerprint density at radius 2 is 1.68 bits per heavy atom. The molecule has 0 radical (unpaired) electrons. The Labute approximate surface area is 131 Å². The van der Waals surface area contributed by atoms with E-state index < -0.39 is 5.78 Å². The molecule has 1 aromatic heterocycles. The van der Waals surface area contributed by atoms with Gasteiger partial charge in [0.15, 0.2) is 0 Å². The fraction of sp³-hybridized carbons (Fsp3) is 0.444. The molecule has 4 nitrogen and oxygen atoms in total. The molecule has 0 atom stereocenters. The van der Waals surface area contributed by atoms with Gasteiger partial charge in [-0.1, -0.05) is 32.0 Å². The first kappa shape index (κ1) is 16.3. The van der Waals surface area contributed by atoms with Gasteiger partial charge in [0.2, 0.25) is 0 Å². The summed E-state index contributed by atoms with van der Waals surface area (Å²) >= 11 is 0. The van der Waals surface area contributed by atoms with E-state index in [0.717, 1.165) is 29.4 Å². The summed E-state index contributed by atoms with van der Waals surface area (Å²) in [6.07, 6.45) is 1.71. The third-order valence-electron chi connectivity index (χ3n) is 4.10. The van der Waals surface area contributed by atoms with Crippen molar-refractivity contribution in [1.29, 1.82) is 0 Å². The largest absolute Gasteiger partial charge is 0.347 e. The molecule has 1 aromatic carbocycles. The Morgan fingerprint density at radius 1 is 1.09 bits per heavy atom. The Hall–Kier alpha value is -2.10. The first-order chi connectivity index (χ1) is 10.5. The van der Waals surface area contributed by atoms with Gasteiger partial charge in [-0.05, 0) is 25.8 Å². The summed E-state index contributed by atoms with van der Waals surface area (Å²) < 4.78 is 1.97. The molecule has 0 spiro atoms. The molecule has 2 aromatic rings. The molecule has 0 unspecified atom stereocenters. The Bertz CT molecular complexity index is 694. The third-order valence-corrected chi connectivity index (χ3v) is 4.10. The van der Waals surface area contributed by atoms with Crippen LogP contribution in [0.4, 0.5) is 0 Å². The molecular formula is C18H24N2O2. The van der Waals surface area contributed by atoms with Crippen LogP contribution in [0.15, 0.2) is 24.3 Å². The van der Waals surface area contributed by atoms with Gasteiger partial charge in [0.1, 0.15) is 0 Å². The van der Waals surface area contributed by atoms with Crippen molar-refractivity contribution in [3.8, 4) is 0 Å². The molecule has 0 aliphatic heterocycles. The van der Waals surface area contributed by atoms with E-state index in [1.807, 2.05) is 56.7 Å². The number of fused-ring (bicyclic) bond motifs is 1. The highest BCUT2D eigenvalue weighted by atomic mass is 16.2. The number of rotatable bonds is 6. The van der Waals surface area contributed by atoms with E-state index in [1.165, 1.54) is 0 Å². The van der Waals surface area contributed by atoms with E-state index in [0.29, 0.717) is 18.7 Å². The molecule has 0 N–H and O–H groups in total. The van der Waals surface area contributed by atoms with Crippen LogP contribution in [0.5, 0.6) is 0 Å². The fourth-order valence-corrected chi connectivity index (χ4v) is 2.91. The maximum absolute atomic E-state index is 12.8. The number of benzene rings is 1. The highest BCUT2D eigenvalue weighted by molar-refractivity contribution is 6.45. The lowest BCUT2D eigenvalue weighted by Gasteiger charge is -2.20. The van der Waals surface area contributed by atoms with Crippen molar-refractivity contribution in [2.75, 3.05) is 13.1 Å². The first-order valence-electron chi connectivity index (χ1n) is 7.90. The number of nitrogens with zero attached hydrogens (tertiary/aromatic N) is 2. The minimum Gasteiger partial charge on any atom is -0.347 e. The van der Waals surface area contributed by atoms with Gasteiger partial charge in [-0.2, -0.15) is 0 Å². The quantitative estimate of drug-likeness (QED) is 0.606. The normalized spacial score (nSPS) is 10.9. The zero-order valence-corrected chi connectivity index (χ0v) is 13.8. The zero-order valence-electron chi connectivity index (χ0n) is 13.8. The summed E-state index contributed by atoms with van der Waals surface area (Å²) in [5, 5.41) is 0.855. The van der Waals surface area contributed by atoms with Crippen molar-refractivity contribution in [2.45, 2.75) is 33.6 Å². The van der Waals surface area contributed by atoms with E-state index in [2.05, 4.69) is 0 Å². The number of ketones is 1. The highest BCUT2D eigenvalue weighted by Crippen LogP contribution is 2.25. The summed E-state index contributed by atoms with van der Waals surface area (Å²) in [4.78, 5) is 27.0. The number of aryl methyl sites for hydroxylation is 1. The van der Waals surface area contributed by atoms with Crippen LogP contribution < -0.4 is 0 Å². The highest BCUT2D eigenvalue weighted by Gasteiger charge is 2.27. The number of amides is 1. The molecule has 118 valence electrons. The van der Waals surface area contributed by atoms with Gasteiger partial charge in [-0.15, -0.1) is 0 Å². The summed E-state index contributed by atoms with van der Waals surface area (Å²) in [6, 6.07) is 7.73. The third kappa shape index (κ3) is 2.78. The molecule has 0 aliphatic carbocycles. The van der Waals surface area contributed by atoms with Gasteiger partial charge in [0.25, 0.3) is 11.7 Å². The zero-order chi connectivity index (χ0) is 16.3. The van der Waals surface area contributed by atoms with Crippen molar-refractivity contribution in [1.82, 2.24) is 9.47 Å². The van der Waals surface area contributed by atoms with Crippen molar-refractivity contribution in [3.05, 3.63) is 35.5 Å². The van der Waals surface area contributed by atoms with Crippen LogP contribution in [0.3, 0.4) is 0 Å². The van der Waals surface area contributed by atoms with Crippen LogP contribution in [-0.2, 0) is 11.8 Å². The van der Waals surface area contributed by atoms with Crippen LogP contribution in [0.2, 0.25) is 0 Å². The lowest BCUT2D eigenvalue weighted by molar-refractivity contribution is -0.126. The number of carbonyl (C=O) groups is 2. The van der Waals surface area contributed by atoms with Crippen LogP contribution in [0.1, 0.15) is 42.7 Å². The van der Waals surface area contributed by atoms with Gasteiger partial charge in [0.05, 0.1) is 5.56 Å². The van der Waals surface area contributed by atoms with E-state index in [4.69, 9.17) is 0 Å². The monoisotopic (exact) mass is 300 g/mol. The molecule has 0 fully saturated rings. The number of Topliss-reactive ketones (excluding diaryl/α,β-unsaturated/α-hetero) is 1.